The number of hydrogen-bond acceptors (Lipinski definition) is 1. The molecular weight excluding hydrogens is 479 g/mol. The standard InChI is InChI=1S/C28H36F3O.Ga/c1-3-22-14-15-23-16-24(27(30)28(31)25(23)26(22)29)32-17-21-12-10-20(11-13-21)9-8-19-6-4-18(2)5-7-19;/h14-16,18-21H,2-13,17H2,1H3;. The van der Waals surface area contributed by atoms with Crippen LogP contribution in [0.1, 0.15) is 76.7 Å². The second-order valence-corrected chi connectivity index (χ2v) is 11.4. The Labute approximate surface area is 206 Å². The summed E-state index contributed by atoms with van der Waals surface area (Å²) in [6, 6.07) is 4.72. The molecule has 2 aliphatic rings. The molecule has 1 nitrogen and oxygen atoms in total. The molecule has 0 amide bonds. The van der Waals surface area contributed by atoms with Gasteiger partial charge in [0.25, 0.3) is 0 Å². The molecule has 2 saturated carbocycles. The third kappa shape index (κ3) is 5.95. The quantitative estimate of drug-likeness (QED) is 0.322. The van der Waals surface area contributed by atoms with Crippen LogP contribution in [0.5, 0.6) is 5.75 Å². The summed E-state index contributed by atoms with van der Waals surface area (Å²) in [5.74, 6) is 0.107. The summed E-state index contributed by atoms with van der Waals surface area (Å²) in [4.78, 5) is 1.40. The Hall–Kier alpha value is -1.07. The van der Waals surface area contributed by atoms with Crippen molar-refractivity contribution in [2.24, 2.45) is 23.7 Å². The summed E-state index contributed by atoms with van der Waals surface area (Å²) in [6.45, 7) is 2.19. The van der Waals surface area contributed by atoms with E-state index in [4.69, 9.17) is 4.74 Å². The van der Waals surface area contributed by atoms with E-state index in [1.165, 1.54) is 62.4 Å². The fourth-order valence-electron chi connectivity index (χ4n) is 5.90. The van der Waals surface area contributed by atoms with E-state index in [1.807, 2.05) is 18.6 Å². The molecule has 2 radical (unpaired) electrons. The Kier molecular flexibility index (Phi) is 8.78. The average Bonchev–Trinajstić information content (AvgIpc) is 2.85. The van der Waals surface area contributed by atoms with Gasteiger partial charge < -0.3 is 4.74 Å². The van der Waals surface area contributed by atoms with Crippen LogP contribution in [-0.2, 0) is 6.42 Å². The largest absolute Gasteiger partial charge is 0.206 e. The first-order valence-corrected chi connectivity index (χ1v) is 14.6. The zero-order valence-corrected chi connectivity index (χ0v) is 22.3. The van der Waals surface area contributed by atoms with Crippen molar-refractivity contribution >= 4 is 29.4 Å². The third-order valence-corrected chi connectivity index (χ3v) is 9.67. The molecule has 0 spiro atoms. The zero-order valence-electron chi connectivity index (χ0n) is 19.9. The number of ether oxygens (including phenoxy) is 1. The summed E-state index contributed by atoms with van der Waals surface area (Å²) in [7, 11) is 0. The van der Waals surface area contributed by atoms with E-state index < -0.39 is 17.5 Å². The molecule has 0 aliphatic heterocycles. The maximum Gasteiger partial charge on any atom is 0.201 e. The van der Waals surface area contributed by atoms with Crippen molar-refractivity contribution < 1.29 is 17.9 Å². The van der Waals surface area contributed by atoms with E-state index in [-0.39, 0.29) is 11.1 Å². The maximum absolute atomic E-state index is 14.6. The van der Waals surface area contributed by atoms with Gasteiger partial charge in [-0.3, -0.25) is 0 Å². The number of benzene rings is 2. The Balaban J connectivity index is 1.26. The fourth-order valence-corrected chi connectivity index (χ4v) is 6.89. The van der Waals surface area contributed by atoms with Crippen LogP contribution >= 0.6 is 0 Å². The van der Waals surface area contributed by atoms with Gasteiger partial charge in [-0.05, 0) is 23.4 Å². The topological polar surface area (TPSA) is 9.23 Å². The summed E-state index contributed by atoms with van der Waals surface area (Å²) in [5, 5.41) is 0.0694. The van der Waals surface area contributed by atoms with Crippen LogP contribution in [0.25, 0.3) is 10.8 Å². The van der Waals surface area contributed by atoms with Crippen molar-refractivity contribution in [1.29, 1.82) is 0 Å². The molecule has 5 heteroatoms. The van der Waals surface area contributed by atoms with E-state index in [0.717, 1.165) is 30.6 Å². The Bertz CT molecular complexity index is 931. The van der Waals surface area contributed by atoms with Crippen LogP contribution in [0, 0.1) is 41.1 Å². The maximum atomic E-state index is 14.6. The number of aryl methyl sites for hydroxylation is 1. The van der Waals surface area contributed by atoms with Crippen molar-refractivity contribution in [3.05, 3.63) is 41.2 Å². The summed E-state index contributed by atoms with van der Waals surface area (Å²) < 4.78 is 49.5. The van der Waals surface area contributed by atoms with Crippen molar-refractivity contribution in [3.8, 4) is 5.75 Å². The van der Waals surface area contributed by atoms with Gasteiger partial charge in [-0.15, -0.1) is 0 Å². The van der Waals surface area contributed by atoms with Gasteiger partial charge in [0.15, 0.2) is 11.6 Å². The van der Waals surface area contributed by atoms with Gasteiger partial charge in [-0.25, -0.2) is 8.78 Å². The Morgan fingerprint density at radius 2 is 1.36 bits per heavy atom. The molecule has 0 saturated heterocycles. The molecule has 0 atom stereocenters. The normalized spacial score (nSPS) is 25.9. The molecular formula is C28H36F3GaO. The first-order valence-electron chi connectivity index (χ1n) is 12.9. The van der Waals surface area contributed by atoms with Gasteiger partial charge in [-0.2, -0.15) is 4.39 Å². The van der Waals surface area contributed by atoms with E-state index in [1.54, 1.807) is 19.1 Å². The minimum atomic E-state index is -1.15. The van der Waals surface area contributed by atoms with E-state index in [0.29, 0.717) is 29.9 Å². The molecule has 178 valence electrons. The monoisotopic (exact) mass is 514 g/mol. The molecule has 0 bridgehead atoms. The van der Waals surface area contributed by atoms with Gasteiger partial charge in [0.05, 0.1) is 5.39 Å². The number of hydrogen-bond donors (Lipinski definition) is 0. The van der Waals surface area contributed by atoms with E-state index in [9.17, 15) is 13.2 Å². The molecule has 0 unspecified atom stereocenters. The zero-order chi connectivity index (χ0) is 23.4. The van der Waals surface area contributed by atoms with Crippen molar-refractivity contribution in [1.82, 2.24) is 0 Å². The van der Waals surface area contributed by atoms with Crippen LogP contribution in [0.2, 0.25) is 4.98 Å². The molecule has 0 N–H and O–H groups in total. The van der Waals surface area contributed by atoms with Gasteiger partial charge in [0, 0.05) is 0 Å². The Morgan fingerprint density at radius 3 is 1.94 bits per heavy atom. The SMILES string of the molecule is CCc1ccc2cc(OCC3CCC(CCC4CCC([CH2][Ga])CC4)CC3)c(F)c(F)c2c1F. The van der Waals surface area contributed by atoms with Crippen molar-refractivity contribution in [3.63, 3.8) is 0 Å². The van der Waals surface area contributed by atoms with Crippen LogP contribution in [0.15, 0.2) is 18.2 Å². The third-order valence-electron chi connectivity index (χ3n) is 8.27. The van der Waals surface area contributed by atoms with Gasteiger partial charge in [0.2, 0.25) is 5.82 Å². The molecule has 2 aromatic rings. The van der Waals surface area contributed by atoms with Crippen LogP contribution in [0.4, 0.5) is 13.2 Å². The number of fused-ring (bicyclic) bond motifs is 1. The number of rotatable bonds is 8. The first-order chi connectivity index (χ1) is 16.0. The average molecular weight is 515 g/mol. The van der Waals surface area contributed by atoms with Gasteiger partial charge in [-0.1, -0.05) is 19.1 Å². The second-order valence-electron chi connectivity index (χ2n) is 10.4. The number of halogens is 3. The van der Waals surface area contributed by atoms with Crippen LogP contribution in [0.3, 0.4) is 0 Å². The van der Waals surface area contributed by atoms with Gasteiger partial charge >= 0.3 is 118 Å². The molecule has 2 fully saturated rings. The van der Waals surface area contributed by atoms with Crippen molar-refractivity contribution in [2.75, 3.05) is 6.61 Å². The summed E-state index contributed by atoms with van der Waals surface area (Å²) in [5.41, 5.74) is 0.389. The summed E-state index contributed by atoms with van der Waals surface area (Å²) >= 11 is 1.88. The molecule has 0 heterocycles. The first kappa shape index (κ1) is 25.0. The molecule has 2 aromatic carbocycles. The minimum absolute atomic E-state index is 0.102. The minimum Gasteiger partial charge on any atom is -0.206 e. The Morgan fingerprint density at radius 1 is 0.788 bits per heavy atom. The van der Waals surface area contributed by atoms with E-state index in [2.05, 4.69) is 0 Å². The molecule has 33 heavy (non-hydrogen) atoms. The predicted octanol–water partition coefficient (Wildman–Crippen LogP) is 8.18. The smallest absolute Gasteiger partial charge is 0.201 e. The predicted molar refractivity (Wildman–Crippen MR) is 129 cm³/mol. The van der Waals surface area contributed by atoms with Crippen molar-refractivity contribution in [2.45, 2.75) is 82.5 Å². The second kappa shape index (κ2) is 11.6. The fraction of sp³-hybridized carbons (Fsp3) is 0.643. The molecule has 4 rings (SSSR count). The molecule has 2 aliphatic carbocycles. The van der Waals surface area contributed by atoms with Gasteiger partial charge in [0.1, 0.15) is 5.82 Å². The van der Waals surface area contributed by atoms with Crippen LogP contribution in [-0.4, -0.2) is 25.2 Å². The summed E-state index contributed by atoms with van der Waals surface area (Å²) in [6.07, 6.45) is 13.5. The molecule has 0 aromatic heterocycles. The van der Waals surface area contributed by atoms with Crippen LogP contribution < -0.4 is 4.74 Å². The van der Waals surface area contributed by atoms with E-state index >= 15 is 0 Å².